The van der Waals surface area contributed by atoms with Crippen LogP contribution in [-0.2, 0) is 4.79 Å². The molecule has 1 amide bonds. The highest BCUT2D eigenvalue weighted by atomic mass is 16.2. The Morgan fingerprint density at radius 2 is 2.10 bits per heavy atom. The fraction of sp³-hybridized carbons (Fsp3) is 0.857. The molecular weight excluding hydrogens is 128 g/mol. The van der Waals surface area contributed by atoms with Gasteiger partial charge in [-0.05, 0) is 25.8 Å². The number of carbonyl (C=O) groups is 1. The van der Waals surface area contributed by atoms with E-state index in [9.17, 15) is 4.79 Å². The first-order valence-corrected chi connectivity index (χ1v) is 3.87. The lowest BCUT2D eigenvalue weighted by molar-refractivity contribution is -0.123. The lowest BCUT2D eigenvalue weighted by Gasteiger charge is -2.10. The average Bonchev–Trinajstić information content (AvgIpc) is 2.69. The van der Waals surface area contributed by atoms with E-state index in [2.05, 4.69) is 10.6 Å². The van der Waals surface area contributed by atoms with E-state index in [1.165, 1.54) is 0 Å². The second kappa shape index (κ2) is 1.95. The Morgan fingerprint density at radius 3 is 2.80 bits per heavy atom. The summed E-state index contributed by atoms with van der Waals surface area (Å²) < 4.78 is 0. The monoisotopic (exact) mass is 140 g/mol. The van der Waals surface area contributed by atoms with E-state index in [1.54, 1.807) is 0 Å². The third-order valence-electron chi connectivity index (χ3n) is 2.29. The van der Waals surface area contributed by atoms with Crippen LogP contribution in [0.25, 0.3) is 0 Å². The standard InChI is InChI=1S/C7H12N2O/c10-6-7(2-3-7)9-5-1-4-8-6/h9H,1-5H2,(H,8,10). The van der Waals surface area contributed by atoms with E-state index in [4.69, 9.17) is 0 Å². The van der Waals surface area contributed by atoms with Crippen LogP contribution in [0, 0.1) is 0 Å². The van der Waals surface area contributed by atoms with Crippen LogP contribution in [0.3, 0.4) is 0 Å². The predicted octanol–water partition coefficient (Wildman–Crippen LogP) is -0.372. The summed E-state index contributed by atoms with van der Waals surface area (Å²) in [4.78, 5) is 11.2. The maximum atomic E-state index is 11.2. The molecule has 2 aliphatic rings. The Hall–Kier alpha value is -0.570. The molecule has 2 rings (SSSR count). The van der Waals surface area contributed by atoms with Crippen molar-refractivity contribution in [2.75, 3.05) is 13.1 Å². The van der Waals surface area contributed by atoms with E-state index in [-0.39, 0.29) is 11.4 Å². The van der Waals surface area contributed by atoms with Crippen LogP contribution in [0.15, 0.2) is 0 Å². The van der Waals surface area contributed by atoms with Crippen molar-refractivity contribution in [3.8, 4) is 0 Å². The Kier molecular flexibility index (Phi) is 1.20. The van der Waals surface area contributed by atoms with Crippen molar-refractivity contribution in [3.05, 3.63) is 0 Å². The Morgan fingerprint density at radius 1 is 1.30 bits per heavy atom. The van der Waals surface area contributed by atoms with Crippen LogP contribution >= 0.6 is 0 Å². The van der Waals surface area contributed by atoms with Crippen LogP contribution in [0.1, 0.15) is 19.3 Å². The molecule has 1 saturated heterocycles. The van der Waals surface area contributed by atoms with Crippen molar-refractivity contribution in [3.63, 3.8) is 0 Å². The van der Waals surface area contributed by atoms with Gasteiger partial charge >= 0.3 is 0 Å². The molecule has 0 aromatic heterocycles. The third kappa shape index (κ3) is 0.814. The lowest BCUT2D eigenvalue weighted by atomic mass is 10.2. The molecule has 3 heteroatoms. The topological polar surface area (TPSA) is 41.1 Å². The number of carbonyl (C=O) groups excluding carboxylic acids is 1. The highest BCUT2D eigenvalue weighted by Gasteiger charge is 2.49. The maximum Gasteiger partial charge on any atom is 0.240 e. The van der Waals surface area contributed by atoms with Crippen LogP contribution in [0.4, 0.5) is 0 Å². The zero-order chi connectivity index (χ0) is 7.03. The fourth-order valence-corrected chi connectivity index (χ4v) is 1.40. The van der Waals surface area contributed by atoms with Crippen molar-refractivity contribution >= 4 is 5.91 Å². The van der Waals surface area contributed by atoms with E-state index in [1.807, 2.05) is 0 Å². The van der Waals surface area contributed by atoms with E-state index < -0.39 is 0 Å². The molecule has 1 heterocycles. The highest BCUT2D eigenvalue weighted by molar-refractivity contribution is 5.89. The minimum Gasteiger partial charge on any atom is -0.354 e. The second-order valence-electron chi connectivity index (χ2n) is 3.12. The van der Waals surface area contributed by atoms with Crippen LogP contribution in [-0.4, -0.2) is 24.5 Å². The summed E-state index contributed by atoms with van der Waals surface area (Å²) in [7, 11) is 0. The van der Waals surface area contributed by atoms with Crippen molar-refractivity contribution in [1.29, 1.82) is 0 Å². The summed E-state index contributed by atoms with van der Waals surface area (Å²) >= 11 is 0. The highest BCUT2D eigenvalue weighted by Crippen LogP contribution is 2.35. The summed E-state index contributed by atoms with van der Waals surface area (Å²) in [5.41, 5.74) is -0.128. The van der Waals surface area contributed by atoms with E-state index >= 15 is 0 Å². The quantitative estimate of drug-likeness (QED) is 0.482. The zero-order valence-corrected chi connectivity index (χ0v) is 5.94. The van der Waals surface area contributed by atoms with Crippen molar-refractivity contribution < 1.29 is 4.79 Å². The molecule has 0 aromatic rings. The molecule has 0 bridgehead atoms. The first-order chi connectivity index (χ1) is 4.83. The Labute approximate surface area is 60.2 Å². The van der Waals surface area contributed by atoms with Gasteiger partial charge in [-0.25, -0.2) is 0 Å². The normalized spacial score (nSPS) is 29.4. The third-order valence-corrected chi connectivity index (χ3v) is 2.29. The number of amides is 1. The van der Waals surface area contributed by atoms with Crippen LogP contribution < -0.4 is 10.6 Å². The molecule has 1 spiro atoms. The van der Waals surface area contributed by atoms with Gasteiger partial charge in [0.15, 0.2) is 0 Å². The van der Waals surface area contributed by atoms with Gasteiger partial charge in [0.2, 0.25) is 5.91 Å². The Bertz CT molecular complexity index is 163. The van der Waals surface area contributed by atoms with Gasteiger partial charge in [-0.15, -0.1) is 0 Å². The SMILES string of the molecule is O=C1NCCCNC12CC2. The van der Waals surface area contributed by atoms with Gasteiger partial charge in [-0.1, -0.05) is 0 Å². The molecular formula is C7H12N2O. The molecule has 10 heavy (non-hydrogen) atoms. The van der Waals surface area contributed by atoms with Crippen LogP contribution in [0.2, 0.25) is 0 Å². The van der Waals surface area contributed by atoms with Crippen LogP contribution in [0.5, 0.6) is 0 Å². The summed E-state index contributed by atoms with van der Waals surface area (Å²) in [6.07, 6.45) is 3.12. The molecule has 1 saturated carbocycles. The van der Waals surface area contributed by atoms with Gasteiger partial charge in [0, 0.05) is 6.54 Å². The fourth-order valence-electron chi connectivity index (χ4n) is 1.40. The number of hydrogen-bond acceptors (Lipinski definition) is 2. The lowest BCUT2D eigenvalue weighted by Crippen LogP contribution is -2.43. The van der Waals surface area contributed by atoms with Gasteiger partial charge in [0.05, 0.1) is 5.54 Å². The minimum absolute atomic E-state index is 0.128. The molecule has 1 aliphatic carbocycles. The molecule has 0 aromatic carbocycles. The molecule has 0 radical (unpaired) electrons. The predicted molar refractivity (Wildman–Crippen MR) is 37.6 cm³/mol. The van der Waals surface area contributed by atoms with Crippen molar-refractivity contribution in [2.45, 2.75) is 24.8 Å². The molecule has 0 atom stereocenters. The molecule has 3 nitrogen and oxygen atoms in total. The average molecular weight is 140 g/mol. The molecule has 56 valence electrons. The maximum absolute atomic E-state index is 11.2. The zero-order valence-electron chi connectivity index (χ0n) is 5.94. The number of rotatable bonds is 0. The van der Waals surface area contributed by atoms with Gasteiger partial charge in [0.25, 0.3) is 0 Å². The summed E-state index contributed by atoms with van der Waals surface area (Å²) in [5.74, 6) is 0.213. The van der Waals surface area contributed by atoms with Crippen molar-refractivity contribution in [1.82, 2.24) is 10.6 Å². The van der Waals surface area contributed by atoms with Gasteiger partial charge in [-0.3, -0.25) is 4.79 Å². The largest absolute Gasteiger partial charge is 0.354 e. The smallest absolute Gasteiger partial charge is 0.240 e. The van der Waals surface area contributed by atoms with E-state index in [0.29, 0.717) is 0 Å². The molecule has 2 fully saturated rings. The summed E-state index contributed by atoms with van der Waals surface area (Å²) in [6.45, 7) is 1.83. The van der Waals surface area contributed by atoms with Crippen molar-refractivity contribution in [2.24, 2.45) is 0 Å². The molecule has 2 N–H and O–H groups in total. The van der Waals surface area contributed by atoms with Gasteiger partial charge in [-0.2, -0.15) is 0 Å². The Balaban J connectivity index is 2.09. The number of hydrogen-bond donors (Lipinski definition) is 2. The first kappa shape index (κ1) is 6.16. The first-order valence-electron chi connectivity index (χ1n) is 3.87. The summed E-state index contributed by atoms with van der Waals surface area (Å²) in [6, 6.07) is 0. The van der Waals surface area contributed by atoms with Gasteiger partial charge in [0.1, 0.15) is 0 Å². The van der Waals surface area contributed by atoms with E-state index in [0.717, 1.165) is 32.4 Å². The summed E-state index contributed by atoms with van der Waals surface area (Å²) in [5, 5.41) is 6.17. The second-order valence-corrected chi connectivity index (χ2v) is 3.12. The minimum atomic E-state index is -0.128. The van der Waals surface area contributed by atoms with Gasteiger partial charge < -0.3 is 10.6 Å². The number of nitrogens with one attached hydrogen (secondary N) is 2. The molecule has 0 unspecified atom stereocenters. The molecule has 1 aliphatic heterocycles.